The normalized spacial score (nSPS) is 19.5. The molecule has 1 aromatic carbocycles. The summed E-state index contributed by atoms with van der Waals surface area (Å²) in [5, 5.41) is 13.7. The molecule has 0 saturated heterocycles. The van der Waals surface area contributed by atoms with Crippen LogP contribution in [0.3, 0.4) is 0 Å². The summed E-state index contributed by atoms with van der Waals surface area (Å²) in [5.74, 6) is 2.71. The maximum Gasteiger partial charge on any atom is 0.327 e. The van der Waals surface area contributed by atoms with Crippen molar-refractivity contribution < 1.29 is 14.6 Å². The fourth-order valence-corrected chi connectivity index (χ4v) is 5.52. The van der Waals surface area contributed by atoms with Crippen LogP contribution in [-0.4, -0.2) is 28.2 Å². The van der Waals surface area contributed by atoms with Crippen molar-refractivity contribution in [3.05, 3.63) is 57.3 Å². The fraction of sp³-hybridized carbons (Fsp3) is 0.333. The van der Waals surface area contributed by atoms with Gasteiger partial charge in [-0.05, 0) is 36.5 Å². The van der Waals surface area contributed by atoms with Crippen LogP contribution in [0.4, 0.5) is 5.69 Å². The molecule has 148 valence electrons. The minimum Gasteiger partial charge on any atom is -0.488 e. The molecule has 0 amide bonds. The number of hydrogen-bond acceptors (Lipinski definition) is 5. The Kier molecular flexibility index (Phi) is 4.46. The van der Waals surface area contributed by atoms with E-state index < -0.39 is 12.0 Å². The van der Waals surface area contributed by atoms with E-state index in [1.54, 1.807) is 6.07 Å². The lowest BCUT2D eigenvalue weighted by atomic mass is 9.63. The van der Waals surface area contributed by atoms with Gasteiger partial charge in [-0.2, -0.15) is 0 Å². The number of rotatable bonds is 5. The van der Waals surface area contributed by atoms with Crippen molar-refractivity contribution >= 4 is 36.3 Å². The summed E-state index contributed by atoms with van der Waals surface area (Å²) < 4.78 is 7.63. The van der Waals surface area contributed by atoms with Crippen molar-refractivity contribution in [1.82, 2.24) is 4.57 Å². The number of pyridine rings is 1. The third-order valence-electron chi connectivity index (χ3n) is 5.67. The Bertz CT molecular complexity index is 1090. The number of aliphatic carboxylic acids is 1. The summed E-state index contributed by atoms with van der Waals surface area (Å²) in [6, 6.07) is 6.72. The van der Waals surface area contributed by atoms with Gasteiger partial charge in [0.1, 0.15) is 18.4 Å². The molecule has 0 bridgehead atoms. The molecule has 1 aliphatic carbocycles. The molecular weight excluding hydrogens is 387 g/mol. The van der Waals surface area contributed by atoms with Gasteiger partial charge in [0.25, 0.3) is 12.4 Å². The van der Waals surface area contributed by atoms with Gasteiger partial charge in [-0.3, -0.25) is 9.36 Å². The number of anilines is 1. The Balaban J connectivity index is 1.49. The van der Waals surface area contributed by atoms with Gasteiger partial charge in [-0.25, -0.2) is 4.79 Å². The highest BCUT2D eigenvalue weighted by molar-refractivity contribution is 7.99. The summed E-state index contributed by atoms with van der Waals surface area (Å²) >= 11 is 1.48. The molecule has 1 fully saturated rings. The van der Waals surface area contributed by atoms with E-state index in [-0.39, 0.29) is 12.4 Å². The van der Waals surface area contributed by atoms with E-state index in [1.807, 2.05) is 18.2 Å². The number of carboxylic acids is 1. The highest BCUT2D eigenvalue weighted by Gasteiger charge is 2.37. The Morgan fingerprint density at radius 2 is 2.24 bits per heavy atom. The first kappa shape index (κ1) is 18.4. The molecule has 2 aromatic rings. The second-order valence-electron chi connectivity index (χ2n) is 7.83. The first-order valence-electron chi connectivity index (χ1n) is 9.87. The number of nitrogens with one attached hydrogen (secondary N) is 1. The van der Waals surface area contributed by atoms with Gasteiger partial charge in [0.2, 0.25) is 0 Å². The zero-order chi connectivity index (χ0) is 20.1. The van der Waals surface area contributed by atoms with E-state index >= 15 is 0 Å². The van der Waals surface area contributed by atoms with Gasteiger partial charge in [0.15, 0.2) is 0 Å². The summed E-state index contributed by atoms with van der Waals surface area (Å²) in [4.78, 5) is 24.3. The quantitative estimate of drug-likeness (QED) is 0.736. The molecule has 8 heteroatoms. The topological polar surface area (TPSA) is 80.6 Å². The van der Waals surface area contributed by atoms with Gasteiger partial charge in [0.05, 0.1) is 5.03 Å². The summed E-state index contributed by atoms with van der Waals surface area (Å²) in [6.07, 6.45) is 4.21. The first-order valence-corrected chi connectivity index (χ1v) is 10.9. The molecule has 1 saturated carbocycles. The molecule has 29 heavy (non-hydrogen) atoms. The molecule has 0 spiro atoms. The van der Waals surface area contributed by atoms with E-state index in [2.05, 4.69) is 24.1 Å². The van der Waals surface area contributed by atoms with Gasteiger partial charge in [-0.1, -0.05) is 24.9 Å². The molecule has 6 nitrogen and oxygen atoms in total. The Morgan fingerprint density at radius 1 is 1.41 bits per heavy atom. The molecule has 1 aromatic heterocycles. The van der Waals surface area contributed by atoms with Gasteiger partial charge in [0, 0.05) is 28.6 Å². The zero-order valence-corrected chi connectivity index (χ0v) is 16.9. The maximum atomic E-state index is 12.7. The third kappa shape index (κ3) is 3.25. The predicted molar refractivity (Wildman–Crippen MR) is 115 cm³/mol. The third-order valence-corrected chi connectivity index (χ3v) is 6.85. The van der Waals surface area contributed by atoms with Crippen LogP contribution in [0.5, 0.6) is 5.75 Å². The molecule has 5 rings (SSSR count). The standard InChI is InChI=1S/C21H21BN2O4S/c1-22-8-7-14-15(23-22)3-2-4-17(14)28-10-13-9-18(25)24-16(21(26)27)11-29-20(24)19(13)12-5-6-12/h2-4,7-9,12,16,23H,5-6,10-11H2,1H3,(H,26,27). The van der Waals surface area contributed by atoms with Crippen LogP contribution in [0.2, 0.25) is 6.82 Å². The van der Waals surface area contributed by atoms with Crippen molar-refractivity contribution in [3.63, 3.8) is 0 Å². The average molecular weight is 408 g/mol. The van der Waals surface area contributed by atoms with Gasteiger partial charge < -0.3 is 15.1 Å². The minimum atomic E-state index is -0.950. The lowest BCUT2D eigenvalue weighted by Gasteiger charge is -2.21. The smallest absolute Gasteiger partial charge is 0.327 e. The molecule has 2 aliphatic heterocycles. The maximum absolute atomic E-state index is 12.7. The Hall–Kier alpha value is -2.61. The van der Waals surface area contributed by atoms with Crippen LogP contribution in [0, 0.1) is 0 Å². The number of nitrogens with zero attached hydrogens (tertiary/aromatic N) is 1. The van der Waals surface area contributed by atoms with Crippen LogP contribution in [0.25, 0.3) is 6.08 Å². The fourth-order valence-electron chi connectivity index (χ4n) is 4.11. The van der Waals surface area contributed by atoms with Crippen molar-refractivity contribution in [3.8, 4) is 5.75 Å². The lowest BCUT2D eigenvalue weighted by molar-refractivity contribution is -0.140. The molecule has 3 aliphatic rings. The summed E-state index contributed by atoms with van der Waals surface area (Å²) in [5.41, 5.74) is 3.77. The van der Waals surface area contributed by atoms with Crippen molar-refractivity contribution in [2.75, 3.05) is 11.0 Å². The Morgan fingerprint density at radius 3 is 3.00 bits per heavy atom. The monoisotopic (exact) mass is 408 g/mol. The highest BCUT2D eigenvalue weighted by atomic mass is 32.2. The van der Waals surface area contributed by atoms with Crippen LogP contribution >= 0.6 is 11.8 Å². The summed E-state index contributed by atoms with van der Waals surface area (Å²) in [7, 11) is 0. The first-order chi connectivity index (χ1) is 14.0. The predicted octanol–water partition coefficient (Wildman–Crippen LogP) is 3.64. The van der Waals surface area contributed by atoms with E-state index in [9.17, 15) is 14.7 Å². The van der Waals surface area contributed by atoms with Crippen LogP contribution in [-0.2, 0) is 11.4 Å². The highest BCUT2D eigenvalue weighted by Crippen LogP contribution is 2.48. The van der Waals surface area contributed by atoms with Crippen molar-refractivity contribution in [2.45, 2.75) is 43.3 Å². The number of ether oxygens (including phenoxy) is 1. The zero-order valence-electron chi connectivity index (χ0n) is 16.1. The van der Waals surface area contributed by atoms with Gasteiger partial charge >= 0.3 is 5.97 Å². The van der Waals surface area contributed by atoms with E-state index in [4.69, 9.17) is 4.74 Å². The second kappa shape index (κ2) is 7.02. The minimum absolute atomic E-state index is 0.258. The van der Waals surface area contributed by atoms with E-state index in [0.29, 0.717) is 18.3 Å². The van der Waals surface area contributed by atoms with Crippen molar-refractivity contribution in [1.29, 1.82) is 0 Å². The number of benzene rings is 1. The second-order valence-corrected chi connectivity index (χ2v) is 8.84. The van der Waals surface area contributed by atoms with Crippen LogP contribution < -0.4 is 15.5 Å². The molecule has 1 unspecified atom stereocenters. The molecule has 0 radical (unpaired) electrons. The molecule has 2 N–H and O–H groups in total. The number of thioether (sulfide) groups is 1. The largest absolute Gasteiger partial charge is 0.488 e. The van der Waals surface area contributed by atoms with E-state index in [0.717, 1.165) is 46.0 Å². The van der Waals surface area contributed by atoms with Gasteiger partial charge in [-0.15, -0.1) is 11.8 Å². The number of hydrogen-bond donors (Lipinski definition) is 2. The SMILES string of the molecule is CB1C=Cc2c(cccc2OCc2cc(=O)n3c(c2C2CC2)SCC3C(=O)O)N1. The summed E-state index contributed by atoms with van der Waals surface area (Å²) in [6.45, 7) is 2.66. The lowest BCUT2D eigenvalue weighted by Crippen LogP contribution is -2.29. The molecular formula is C21H21BN2O4S. The molecule has 1 atom stereocenters. The molecule has 3 heterocycles. The number of aromatic nitrogens is 1. The average Bonchev–Trinajstić information content (AvgIpc) is 3.42. The number of fused-ring (bicyclic) bond motifs is 2. The Labute approximate surface area is 173 Å². The number of carbonyl (C=O) groups is 1. The van der Waals surface area contributed by atoms with E-state index in [1.165, 1.54) is 16.3 Å². The van der Waals surface area contributed by atoms with Crippen molar-refractivity contribution in [2.24, 2.45) is 0 Å². The van der Waals surface area contributed by atoms with Crippen LogP contribution in [0.15, 0.2) is 40.1 Å². The van der Waals surface area contributed by atoms with Crippen LogP contribution in [0.1, 0.15) is 41.5 Å². The number of carboxylic acid groups (broad SMARTS) is 1.